The molecule has 15 heavy (non-hydrogen) atoms. The average Bonchev–Trinajstić information content (AvgIpc) is 2.20. The van der Waals surface area contributed by atoms with Gasteiger partial charge in [0, 0.05) is 22.5 Å². The van der Waals surface area contributed by atoms with Crippen molar-refractivity contribution in [3.05, 3.63) is 28.2 Å². The average molecular weight is 274 g/mol. The van der Waals surface area contributed by atoms with E-state index in [1.54, 1.807) is 18.2 Å². The van der Waals surface area contributed by atoms with E-state index in [4.69, 9.17) is 5.73 Å². The van der Waals surface area contributed by atoms with Crippen LogP contribution in [0.3, 0.4) is 0 Å². The summed E-state index contributed by atoms with van der Waals surface area (Å²) in [6, 6.07) is 4.63. The molecule has 4 N–H and O–H groups in total. The van der Waals surface area contributed by atoms with Crippen molar-refractivity contribution in [2.24, 2.45) is 11.1 Å². The molecule has 84 valence electrons. The first-order valence-electron chi connectivity index (χ1n) is 4.73. The van der Waals surface area contributed by atoms with Gasteiger partial charge in [-0.2, -0.15) is 0 Å². The highest BCUT2D eigenvalue weighted by Gasteiger charge is 2.28. The number of halogens is 1. The van der Waals surface area contributed by atoms with Gasteiger partial charge in [-0.1, -0.05) is 29.8 Å². The van der Waals surface area contributed by atoms with Crippen molar-refractivity contribution in [2.75, 3.05) is 6.61 Å². The molecular weight excluding hydrogens is 258 g/mol. The minimum atomic E-state index is -0.420. The molecule has 1 aromatic rings. The molecule has 1 rings (SSSR count). The number of hydrogen-bond acceptors (Lipinski definition) is 3. The third-order valence-corrected chi connectivity index (χ3v) is 3.29. The molecule has 3 nitrogen and oxygen atoms in total. The van der Waals surface area contributed by atoms with E-state index in [1.807, 2.05) is 13.8 Å². The maximum Gasteiger partial charge on any atom is 0.115 e. The first-order chi connectivity index (χ1) is 6.88. The van der Waals surface area contributed by atoms with Gasteiger partial charge >= 0.3 is 0 Å². The highest BCUT2D eigenvalue weighted by molar-refractivity contribution is 9.10. The Balaban J connectivity index is 3.10. The fourth-order valence-electron chi connectivity index (χ4n) is 1.29. The van der Waals surface area contributed by atoms with Crippen LogP contribution in [0.5, 0.6) is 5.75 Å². The Labute approximate surface area is 98.1 Å². The molecule has 0 bridgehead atoms. The molecule has 0 unspecified atom stereocenters. The SMILES string of the molecule is CC(C)(CO)[C@H](N)c1cc(O)ccc1Br. The lowest BCUT2D eigenvalue weighted by atomic mass is 9.82. The van der Waals surface area contributed by atoms with Crippen molar-refractivity contribution in [1.82, 2.24) is 0 Å². The van der Waals surface area contributed by atoms with Crippen LogP contribution in [0.4, 0.5) is 0 Å². The Kier molecular flexibility index (Phi) is 3.76. The number of benzene rings is 1. The smallest absolute Gasteiger partial charge is 0.115 e. The van der Waals surface area contributed by atoms with Gasteiger partial charge in [-0.25, -0.2) is 0 Å². The van der Waals surface area contributed by atoms with Crippen molar-refractivity contribution in [1.29, 1.82) is 0 Å². The standard InChI is InChI=1S/C11H16BrNO2/c1-11(2,6-14)10(13)8-5-7(15)3-4-9(8)12/h3-5,10,14-15H,6,13H2,1-2H3/t10-/m1/s1. The number of phenolic OH excluding ortho intramolecular Hbond substituents is 1. The number of hydrogen-bond donors (Lipinski definition) is 3. The molecule has 0 aliphatic heterocycles. The van der Waals surface area contributed by atoms with E-state index < -0.39 is 5.41 Å². The molecule has 0 aliphatic rings. The van der Waals surface area contributed by atoms with Crippen molar-refractivity contribution in [3.63, 3.8) is 0 Å². The minimum absolute atomic E-state index is 0.00371. The summed E-state index contributed by atoms with van der Waals surface area (Å²) in [5.41, 5.74) is 6.43. The van der Waals surface area contributed by atoms with Crippen molar-refractivity contribution < 1.29 is 10.2 Å². The second-order valence-electron chi connectivity index (χ2n) is 4.33. The van der Waals surface area contributed by atoms with E-state index >= 15 is 0 Å². The monoisotopic (exact) mass is 273 g/mol. The maximum absolute atomic E-state index is 9.39. The number of rotatable bonds is 3. The van der Waals surface area contributed by atoms with Crippen LogP contribution in [-0.4, -0.2) is 16.8 Å². The highest BCUT2D eigenvalue weighted by atomic mass is 79.9. The molecular formula is C11H16BrNO2. The zero-order valence-electron chi connectivity index (χ0n) is 8.87. The van der Waals surface area contributed by atoms with E-state index in [1.165, 1.54) is 0 Å². The van der Waals surface area contributed by atoms with Gasteiger partial charge in [0.15, 0.2) is 0 Å². The normalized spacial score (nSPS) is 13.9. The Morgan fingerprint density at radius 3 is 2.60 bits per heavy atom. The van der Waals surface area contributed by atoms with Gasteiger partial charge in [0.05, 0.1) is 0 Å². The fourth-order valence-corrected chi connectivity index (χ4v) is 1.78. The van der Waals surface area contributed by atoms with Crippen molar-refractivity contribution in [2.45, 2.75) is 19.9 Å². The summed E-state index contributed by atoms with van der Waals surface area (Å²) in [5, 5.41) is 18.6. The van der Waals surface area contributed by atoms with E-state index in [-0.39, 0.29) is 18.4 Å². The number of nitrogens with two attached hydrogens (primary N) is 1. The van der Waals surface area contributed by atoms with Crippen molar-refractivity contribution in [3.8, 4) is 5.75 Å². The lowest BCUT2D eigenvalue weighted by Gasteiger charge is -2.30. The van der Waals surface area contributed by atoms with Crippen LogP contribution in [0.15, 0.2) is 22.7 Å². The zero-order valence-corrected chi connectivity index (χ0v) is 10.5. The quantitative estimate of drug-likeness (QED) is 0.791. The predicted molar refractivity (Wildman–Crippen MR) is 63.6 cm³/mol. The van der Waals surface area contributed by atoms with Gasteiger partial charge in [0.1, 0.15) is 5.75 Å². The molecule has 0 aromatic heterocycles. The van der Waals surface area contributed by atoms with Gasteiger partial charge in [0.25, 0.3) is 0 Å². The van der Waals surface area contributed by atoms with Crippen LogP contribution in [0.2, 0.25) is 0 Å². The van der Waals surface area contributed by atoms with Crippen molar-refractivity contribution >= 4 is 15.9 Å². The Hall–Kier alpha value is -0.580. The minimum Gasteiger partial charge on any atom is -0.508 e. The molecule has 0 spiro atoms. The number of aliphatic hydroxyl groups is 1. The fraction of sp³-hybridized carbons (Fsp3) is 0.455. The molecule has 1 atom stereocenters. The second kappa shape index (κ2) is 4.51. The second-order valence-corrected chi connectivity index (χ2v) is 5.18. The third kappa shape index (κ3) is 2.71. The first kappa shape index (κ1) is 12.5. The molecule has 0 aliphatic carbocycles. The predicted octanol–water partition coefficient (Wildman–Crippen LogP) is 2.17. The summed E-state index contributed by atoms with van der Waals surface area (Å²) in [6.07, 6.45) is 0. The van der Waals surface area contributed by atoms with Crippen LogP contribution in [-0.2, 0) is 0 Å². The van der Waals surface area contributed by atoms with Gasteiger partial charge in [-0.05, 0) is 23.8 Å². The topological polar surface area (TPSA) is 66.5 Å². The molecule has 0 amide bonds. The van der Waals surface area contributed by atoms with Gasteiger partial charge in [0.2, 0.25) is 0 Å². The van der Waals surface area contributed by atoms with Crippen LogP contribution in [0.25, 0.3) is 0 Å². The van der Waals surface area contributed by atoms with E-state index in [0.717, 1.165) is 10.0 Å². The summed E-state index contributed by atoms with van der Waals surface area (Å²) in [6.45, 7) is 3.76. The summed E-state index contributed by atoms with van der Waals surface area (Å²) in [5.74, 6) is 0.178. The molecule has 0 heterocycles. The molecule has 4 heteroatoms. The highest BCUT2D eigenvalue weighted by Crippen LogP contribution is 2.36. The van der Waals surface area contributed by atoms with Gasteiger partial charge in [-0.15, -0.1) is 0 Å². The zero-order chi connectivity index (χ0) is 11.6. The third-order valence-electron chi connectivity index (χ3n) is 2.56. The van der Waals surface area contributed by atoms with Crippen LogP contribution in [0, 0.1) is 5.41 Å². The molecule has 0 fully saturated rings. The van der Waals surface area contributed by atoms with E-state index in [2.05, 4.69) is 15.9 Å². The number of phenols is 1. The Morgan fingerprint density at radius 2 is 2.07 bits per heavy atom. The molecule has 0 saturated carbocycles. The maximum atomic E-state index is 9.39. The molecule has 1 aromatic carbocycles. The lowest BCUT2D eigenvalue weighted by molar-refractivity contribution is 0.132. The van der Waals surface area contributed by atoms with Gasteiger partial charge < -0.3 is 15.9 Å². The molecule has 0 saturated heterocycles. The van der Waals surface area contributed by atoms with Crippen LogP contribution < -0.4 is 5.73 Å². The number of aliphatic hydroxyl groups excluding tert-OH is 1. The first-order valence-corrected chi connectivity index (χ1v) is 5.52. The van der Waals surface area contributed by atoms with E-state index in [9.17, 15) is 10.2 Å². The van der Waals surface area contributed by atoms with E-state index in [0.29, 0.717) is 0 Å². The summed E-state index contributed by atoms with van der Waals surface area (Å²) in [4.78, 5) is 0. The van der Waals surface area contributed by atoms with Crippen LogP contribution in [0.1, 0.15) is 25.5 Å². The number of aromatic hydroxyl groups is 1. The van der Waals surface area contributed by atoms with Crippen LogP contribution >= 0.6 is 15.9 Å². The lowest BCUT2D eigenvalue weighted by Crippen LogP contribution is -2.32. The van der Waals surface area contributed by atoms with Gasteiger partial charge in [-0.3, -0.25) is 0 Å². The Morgan fingerprint density at radius 1 is 1.47 bits per heavy atom. The largest absolute Gasteiger partial charge is 0.508 e. The summed E-state index contributed by atoms with van der Waals surface area (Å²) >= 11 is 3.38. The molecule has 0 radical (unpaired) electrons. The summed E-state index contributed by atoms with van der Waals surface area (Å²) in [7, 11) is 0. The summed E-state index contributed by atoms with van der Waals surface area (Å²) < 4.78 is 0.842. The Bertz CT molecular complexity index is 352.